The summed E-state index contributed by atoms with van der Waals surface area (Å²) in [6.45, 7) is 3.84. The number of piperidine rings is 1. The van der Waals surface area contributed by atoms with Crippen molar-refractivity contribution in [1.82, 2.24) is 15.2 Å². The van der Waals surface area contributed by atoms with Gasteiger partial charge in [-0.1, -0.05) is 23.7 Å². The maximum atomic E-state index is 14.2. The zero-order valence-corrected chi connectivity index (χ0v) is 21.9. The Kier molecular flexibility index (Phi) is 7.59. The zero-order valence-electron chi connectivity index (χ0n) is 20.4. The Labute approximate surface area is 216 Å². The minimum atomic E-state index is -3.33. The lowest BCUT2D eigenvalue weighted by Crippen LogP contribution is -2.63. The number of amides is 1. The van der Waals surface area contributed by atoms with Gasteiger partial charge in [0.25, 0.3) is 0 Å². The summed E-state index contributed by atoms with van der Waals surface area (Å²) in [5.41, 5.74) is -0.332. The Morgan fingerprint density at radius 1 is 1.19 bits per heavy atom. The number of hydrogen-bond donors (Lipinski definition) is 2. The van der Waals surface area contributed by atoms with Crippen molar-refractivity contribution < 1.29 is 23.1 Å². The topological polar surface area (TPSA) is 120 Å². The van der Waals surface area contributed by atoms with Gasteiger partial charge in [-0.05, 0) is 49.6 Å². The van der Waals surface area contributed by atoms with Gasteiger partial charge in [0.1, 0.15) is 11.4 Å². The minimum absolute atomic E-state index is 0.0586. The van der Waals surface area contributed by atoms with Crippen LogP contribution in [0.3, 0.4) is 0 Å². The molecule has 36 heavy (non-hydrogen) atoms. The van der Waals surface area contributed by atoms with Crippen molar-refractivity contribution in [3.05, 3.63) is 53.2 Å². The van der Waals surface area contributed by atoms with Crippen molar-refractivity contribution in [2.45, 2.75) is 36.1 Å². The monoisotopic (exact) mass is 534 g/mol. The number of rotatable bonds is 7. The second-order valence-electron chi connectivity index (χ2n) is 9.44. The van der Waals surface area contributed by atoms with Crippen LogP contribution >= 0.6 is 11.6 Å². The van der Waals surface area contributed by atoms with Crippen molar-refractivity contribution in [3.8, 4) is 0 Å². The number of pyridine rings is 1. The summed E-state index contributed by atoms with van der Waals surface area (Å²) in [5.74, 6) is -0.0387. The van der Waals surface area contributed by atoms with Crippen LogP contribution in [0.15, 0.2) is 47.5 Å². The molecule has 194 valence electrons. The lowest BCUT2D eigenvalue weighted by Gasteiger charge is -2.45. The molecule has 9 nitrogen and oxygen atoms in total. The highest BCUT2D eigenvalue weighted by Gasteiger charge is 2.56. The molecular formula is C25H31ClN4O5S. The van der Waals surface area contributed by atoms with E-state index in [0.29, 0.717) is 43.3 Å². The van der Waals surface area contributed by atoms with Crippen molar-refractivity contribution in [3.63, 3.8) is 0 Å². The van der Waals surface area contributed by atoms with E-state index in [-0.39, 0.29) is 35.6 Å². The van der Waals surface area contributed by atoms with Crippen LogP contribution < -0.4 is 10.2 Å². The quantitative estimate of drug-likeness (QED) is 0.556. The molecule has 0 bridgehead atoms. The summed E-state index contributed by atoms with van der Waals surface area (Å²) >= 11 is 6.08. The molecule has 0 unspecified atom stereocenters. The number of halogens is 1. The number of carbonyl (C=O) groups is 2. The highest BCUT2D eigenvalue weighted by molar-refractivity contribution is 7.90. The number of ketones is 1. The number of hydrogen-bond acceptors (Lipinski definition) is 7. The van der Waals surface area contributed by atoms with Crippen LogP contribution in [0.5, 0.6) is 0 Å². The van der Waals surface area contributed by atoms with Crippen LogP contribution in [0.1, 0.15) is 31.2 Å². The molecule has 0 spiro atoms. The number of aromatic nitrogens is 1. The van der Waals surface area contributed by atoms with Gasteiger partial charge >= 0.3 is 6.09 Å². The smallest absolute Gasteiger partial charge is 0.408 e. The van der Waals surface area contributed by atoms with E-state index in [4.69, 9.17) is 11.6 Å². The number of carboxylic acid groups (broad SMARTS) is 1. The fourth-order valence-electron chi connectivity index (χ4n) is 5.55. The Balaban J connectivity index is 1.58. The summed E-state index contributed by atoms with van der Waals surface area (Å²) in [4.78, 5) is 34.3. The van der Waals surface area contributed by atoms with E-state index >= 15 is 0 Å². The molecule has 1 amide bonds. The van der Waals surface area contributed by atoms with E-state index in [1.54, 1.807) is 25.1 Å². The highest BCUT2D eigenvalue weighted by atomic mass is 35.5. The van der Waals surface area contributed by atoms with Gasteiger partial charge in [-0.25, -0.2) is 18.2 Å². The van der Waals surface area contributed by atoms with Gasteiger partial charge in [0, 0.05) is 62.0 Å². The SMILES string of the molecule is CCN(C(=O)O)[C@]1(C(=O)C2CCN(c3ccc(S(C)(=O)=O)cn3)CC2)CNC[C@H]1c1ccc(Cl)cc1. The van der Waals surface area contributed by atoms with E-state index in [1.165, 1.54) is 17.2 Å². The summed E-state index contributed by atoms with van der Waals surface area (Å²) in [7, 11) is -3.33. The molecule has 11 heteroatoms. The second-order valence-corrected chi connectivity index (χ2v) is 11.9. The number of benzene rings is 1. The number of carbonyl (C=O) groups excluding carboxylic acids is 1. The summed E-state index contributed by atoms with van der Waals surface area (Å²) in [6, 6.07) is 10.5. The van der Waals surface area contributed by atoms with Crippen LogP contribution in [0, 0.1) is 5.92 Å². The molecule has 4 rings (SSSR count). The molecule has 2 atom stereocenters. The van der Waals surface area contributed by atoms with Gasteiger partial charge in [-0.3, -0.25) is 9.69 Å². The van der Waals surface area contributed by atoms with Crippen molar-refractivity contribution in [2.75, 3.05) is 43.9 Å². The van der Waals surface area contributed by atoms with E-state index in [9.17, 15) is 23.1 Å². The molecule has 2 aromatic rings. The Morgan fingerprint density at radius 3 is 2.39 bits per heavy atom. The fourth-order valence-corrected chi connectivity index (χ4v) is 6.24. The number of Topliss-reactive ketones (excluding diaryl/α,β-unsaturated/α-hetero) is 1. The molecule has 2 fully saturated rings. The molecule has 1 aromatic carbocycles. The maximum Gasteiger partial charge on any atom is 0.408 e. The number of likely N-dealkylation sites (N-methyl/N-ethyl adjacent to an activating group) is 1. The molecule has 0 aliphatic carbocycles. The highest BCUT2D eigenvalue weighted by Crippen LogP contribution is 2.41. The molecule has 1 aromatic heterocycles. The Hall–Kier alpha value is -2.69. The third kappa shape index (κ3) is 4.94. The van der Waals surface area contributed by atoms with Crippen LogP contribution in [0.2, 0.25) is 5.02 Å². The van der Waals surface area contributed by atoms with E-state index in [2.05, 4.69) is 10.3 Å². The summed E-state index contributed by atoms with van der Waals surface area (Å²) < 4.78 is 23.4. The zero-order chi connectivity index (χ0) is 26.1. The van der Waals surface area contributed by atoms with Crippen molar-refractivity contribution in [2.24, 2.45) is 5.92 Å². The van der Waals surface area contributed by atoms with E-state index in [0.717, 1.165) is 11.8 Å². The predicted molar refractivity (Wildman–Crippen MR) is 137 cm³/mol. The first-order chi connectivity index (χ1) is 17.1. The Bertz CT molecular complexity index is 1210. The van der Waals surface area contributed by atoms with Crippen LogP contribution in [0.4, 0.5) is 10.6 Å². The molecule has 2 aliphatic heterocycles. The standard InChI is InChI=1S/C25H31ClN4O5S/c1-3-30(24(32)33)25(16-27-15-21(25)17-4-6-19(26)7-5-17)23(31)18-10-12-29(13-11-18)22-9-8-20(14-28-22)36(2,34)35/h4-9,14,18,21,27H,3,10-13,15-16H2,1-2H3,(H,32,33)/t21-,25+/m0/s1. The minimum Gasteiger partial charge on any atom is -0.465 e. The van der Waals surface area contributed by atoms with Crippen molar-refractivity contribution in [1.29, 1.82) is 0 Å². The molecule has 0 saturated carbocycles. The average Bonchev–Trinajstić information content (AvgIpc) is 3.29. The second kappa shape index (κ2) is 10.4. The van der Waals surface area contributed by atoms with Gasteiger partial charge in [0.15, 0.2) is 15.6 Å². The predicted octanol–water partition coefficient (Wildman–Crippen LogP) is 3.05. The Morgan fingerprint density at radius 2 is 1.86 bits per heavy atom. The lowest BCUT2D eigenvalue weighted by molar-refractivity contribution is -0.135. The van der Waals surface area contributed by atoms with Crippen LogP contribution in [0.25, 0.3) is 0 Å². The molecule has 2 aliphatic rings. The third-order valence-electron chi connectivity index (χ3n) is 7.39. The fraction of sp³-hybridized carbons (Fsp3) is 0.480. The summed E-state index contributed by atoms with van der Waals surface area (Å²) in [6.07, 6.45) is 2.49. The number of anilines is 1. The first kappa shape index (κ1) is 26.4. The molecule has 3 heterocycles. The normalized spacial score (nSPS) is 23.0. The molecule has 0 radical (unpaired) electrons. The van der Waals surface area contributed by atoms with Crippen LogP contribution in [-0.2, 0) is 14.6 Å². The first-order valence-electron chi connectivity index (χ1n) is 12.0. The van der Waals surface area contributed by atoms with Gasteiger partial charge in [-0.15, -0.1) is 0 Å². The largest absolute Gasteiger partial charge is 0.465 e. The average molecular weight is 535 g/mol. The van der Waals surface area contributed by atoms with E-state index in [1.807, 2.05) is 17.0 Å². The van der Waals surface area contributed by atoms with E-state index < -0.39 is 21.5 Å². The maximum absolute atomic E-state index is 14.2. The van der Waals surface area contributed by atoms with Gasteiger partial charge < -0.3 is 15.3 Å². The number of sulfone groups is 1. The number of nitrogens with zero attached hydrogens (tertiary/aromatic N) is 3. The van der Waals surface area contributed by atoms with Crippen molar-refractivity contribution >= 4 is 39.1 Å². The molecule has 2 N–H and O–H groups in total. The third-order valence-corrected chi connectivity index (χ3v) is 8.74. The van der Waals surface area contributed by atoms with Gasteiger partial charge in [0.2, 0.25) is 0 Å². The lowest BCUT2D eigenvalue weighted by atomic mass is 9.72. The van der Waals surface area contributed by atoms with Crippen LogP contribution in [-0.4, -0.2) is 79.8 Å². The molecule has 2 saturated heterocycles. The van der Waals surface area contributed by atoms with Gasteiger partial charge in [0.05, 0.1) is 4.90 Å². The van der Waals surface area contributed by atoms with Gasteiger partial charge in [-0.2, -0.15) is 0 Å². The summed E-state index contributed by atoms with van der Waals surface area (Å²) in [5, 5.41) is 14.0. The molecular weight excluding hydrogens is 504 g/mol. The first-order valence-corrected chi connectivity index (χ1v) is 14.3. The number of nitrogens with one attached hydrogen (secondary N) is 1.